The SMILES string of the molecule is CN([Si])[Si](C)(C)C.CN1[Si]N[Si](C)(C)N(C)[Si]1(C)C.CN1[Si]N[Si](C)N(C)[Si](C)(C)N(C)[Si]1(C)C. The van der Waals surface area contributed by atoms with E-state index >= 15 is 0 Å². The first-order valence-corrected chi connectivity index (χ1v) is 31.7. The molecule has 204 valence electrons. The number of nitrogens with zero attached hydrogens (tertiary/aromatic N) is 6. The molecule has 2 saturated heterocycles. The summed E-state index contributed by atoms with van der Waals surface area (Å²) in [6, 6.07) is 0. The summed E-state index contributed by atoms with van der Waals surface area (Å²) in [4.78, 5) is 0. The topological polar surface area (TPSA) is 43.5 Å². The van der Waals surface area contributed by atoms with Crippen molar-refractivity contribution in [3.05, 3.63) is 0 Å². The molecular weight excluding hydrogens is 581 g/mol. The van der Waals surface area contributed by atoms with Gasteiger partial charge in [-0.3, -0.25) is 0 Å². The summed E-state index contributed by atoms with van der Waals surface area (Å²) in [6.07, 6.45) is 0. The maximum Gasteiger partial charge on any atom is 0.234 e. The Kier molecular flexibility index (Phi) is 13.9. The highest BCUT2D eigenvalue weighted by molar-refractivity contribution is 6.96. The lowest BCUT2D eigenvalue weighted by molar-refractivity contribution is 0.563. The smallest absolute Gasteiger partial charge is 0.234 e. The van der Waals surface area contributed by atoms with Crippen LogP contribution in [-0.4, -0.2) is 149 Å². The first kappa shape index (κ1) is 36.6. The summed E-state index contributed by atoms with van der Waals surface area (Å²) < 4.78 is 22.6. The van der Waals surface area contributed by atoms with E-state index in [0.29, 0.717) is 0 Å². The van der Waals surface area contributed by atoms with Crippen LogP contribution >= 0.6 is 0 Å². The summed E-state index contributed by atoms with van der Waals surface area (Å²) in [7, 11) is 11.6. The second kappa shape index (κ2) is 13.3. The van der Waals surface area contributed by atoms with Gasteiger partial charge in [0.05, 0.1) is 0 Å². The van der Waals surface area contributed by atoms with Crippen LogP contribution in [0.15, 0.2) is 0 Å². The van der Waals surface area contributed by atoms with Gasteiger partial charge in [0.1, 0.15) is 18.6 Å². The van der Waals surface area contributed by atoms with Gasteiger partial charge in [-0.15, -0.1) is 0 Å². The van der Waals surface area contributed by atoms with Gasteiger partial charge in [-0.05, 0) is 101 Å². The van der Waals surface area contributed by atoms with Crippen LogP contribution < -0.4 is 9.30 Å². The van der Waals surface area contributed by atoms with E-state index in [0.717, 1.165) is 19.7 Å². The Morgan fingerprint density at radius 3 is 1.49 bits per heavy atom. The van der Waals surface area contributed by atoms with E-state index in [1.807, 2.05) is 0 Å². The highest BCUT2D eigenvalue weighted by atomic mass is 28.5. The second-order valence-electron chi connectivity index (χ2n) is 12.6. The van der Waals surface area contributed by atoms with Crippen LogP contribution in [0.4, 0.5) is 0 Å². The lowest BCUT2D eigenvalue weighted by Crippen LogP contribution is -2.79. The minimum atomic E-state index is -1.45. The highest BCUT2D eigenvalue weighted by Gasteiger charge is 2.47. The third kappa shape index (κ3) is 9.65. The number of rotatable bonds is 1. The Morgan fingerprint density at radius 2 is 1.11 bits per heavy atom. The van der Waals surface area contributed by atoms with E-state index in [4.69, 9.17) is 0 Å². The zero-order chi connectivity index (χ0) is 28.4. The molecule has 0 aromatic carbocycles. The molecule has 0 bridgehead atoms. The molecule has 0 aromatic heterocycles. The fourth-order valence-electron chi connectivity index (χ4n) is 3.27. The van der Waals surface area contributed by atoms with Gasteiger partial charge in [-0.2, -0.15) is 0 Å². The van der Waals surface area contributed by atoms with E-state index in [1.165, 1.54) is 0 Å². The van der Waals surface area contributed by atoms with Gasteiger partial charge >= 0.3 is 0 Å². The molecular formula is C18H56N8Si9. The molecule has 2 fully saturated rings. The van der Waals surface area contributed by atoms with Gasteiger partial charge in [0.25, 0.3) is 0 Å². The van der Waals surface area contributed by atoms with Crippen molar-refractivity contribution in [1.82, 2.24) is 34.7 Å². The first-order chi connectivity index (χ1) is 15.3. The van der Waals surface area contributed by atoms with Crippen LogP contribution in [0.1, 0.15) is 0 Å². The predicted molar refractivity (Wildman–Crippen MR) is 175 cm³/mol. The van der Waals surface area contributed by atoms with Crippen LogP contribution in [0.25, 0.3) is 0 Å². The summed E-state index contributed by atoms with van der Waals surface area (Å²) in [5.41, 5.74) is 0. The van der Waals surface area contributed by atoms with Crippen molar-refractivity contribution < 1.29 is 0 Å². The Balaban J connectivity index is 0.000000537. The molecule has 0 saturated carbocycles. The molecule has 8 radical (unpaired) electrons. The van der Waals surface area contributed by atoms with Gasteiger partial charge in [0.15, 0.2) is 33.6 Å². The molecule has 2 rings (SSSR count). The third-order valence-corrected chi connectivity index (χ3v) is 43.4. The fraction of sp³-hybridized carbons (Fsp3) is 1.00. The van der Waals surface area contributed by atoms with Crippen molar-refractivity contribution >= 4 is 81.0 Å². The number of nitrogens with one attached hydrogen (secondary N) is 2. The summed E-state index contributed by atoms with van der Waals surface area (Å²) in [5.74, 6) is 0. The number of hydrogen-bond acceptors (Lipinski definition) is 8. The second-order valence-corrected chi connectivity index (χ2v) is 43.4. The number of hydrogen-bond donors (Lipinski definition) is 2. The Hall–Kier alpha value is 1.63. The summed E-state index contributed by atoms with van der Waals surface area (Å²) >= 11 is 0. The molecule has 0 spiro atoms. The van der Waals surface area contributed by atoms with Crippen LogP contribution in [0.3, 0.4) is 0 Å². The minimum absolute atomic E-state index is 0.555. The average Bonchev–Trinajstić information content (AvgIpc) is 2.72. The molecule has 2 aliphatic heterocycles. The summed E-state index contributed by atoms with van der Waals surface area (Å²) in [6.45, 7) is 28.7. The Bertz CT molecular complexity index is 660. The third-order valence-electron chi connectivity index (χ3n) is 8.21. The molecule has 8 nitrogen and oxygen atoms in total. The van der Waals surface area contributed by atoms with Crippen molar-refractivity contribution in [2.75, 3.05) is 42.3 Å². The van der Waals surface area contributed by atoms with E-state index in [2.05, 4.69) is 166 Å². The quantitative estimate of drug-likeness (QED) is 0.422. The Morgan fingerprint density at radius 1 is 0.743 bits per heavy atom. The normalized spacial score (nSPS) is 26.7. The first-order valence-electron chi connectivity index (χ1n) is 12.4. The molecule has 0 amide bonds. The fourth-order valence-corrected chi connectivity index (χ4v) is 31.0. The van der Waals surface area contributed by atoms with Crippen LogP contribution in [-0.2, 0) is 0 Å². The van der Waals surface area contributed by atoms with Crippen molar-refractivity contribution in [1.29, 1.82) is 0 Å². The van der Waals surface area contributed by atoms with E-state index in [1.54, 1.807) is 0 Å². The maximum atomic E-state index is 3.74. The molecule has 0 aliphatic carbocycles. The van der Waals surface area contributed by atoms with Crippen molar-refractivity contribution in [3.63, 3.8) is 0 Å². The largest absolute Gasteiger partial charge is 0.352 e. The zero-order valence-electron chi connectivity index (χ0n) is 26.2. The molecule has 17 heteroatoms. The van der Waals surface area contributed by atoms with E-state index in [-0.39, 0.29) is 0 Å². The lowest BCUT2D eigenvalue weighted by atomic mass is 11.6. The standard InChI is InChI=1S/C8H25N4Si4.C6H19N3Si3.C4H12NSi2/c1-10-13-9-14(4)11(2)16(7,8)12(3)15(10,5)6;1-8-10-7-11(3,4)9(2)12(8,5)6;1-5(6)7(2,3)4/h9H,1-8H3;7H,1-6H3;1-4H3. The van der Waals surface area contributed by atoms with Crippen molar-refractivity contribution in [2.45, 2.75) is 78.6 Å². The molecule has 0 aromatic rings. The zero-order valence-corrected chi connectivity index (χ0v) is 35.2. The van der Waals surface area contributed by atoms with Gasteiger partial charge < -0.3 is 34.7 Å². The van der Waals surface area contributed by atoms with Crippen molar-refractivity contribution in [3.8, 4) is 0 Å². The minimum Gasteiger partial charge on any atom is -0.352 e. The van der Waals surface area contributed by atoms with Crippen LogP contribution in [0, 0.1) is 0 Å². The van der Waals surface area contributed by atoms with E-state index in [9.17, 15) is 0 Å². The highest BCUT2D eigenvalue weighted by Crippen LogP contribution is 2.23. The average molecular weight is 637 g/mol. The lowest BCUT2D eigenvalue weighted by Gasteiger charge is -2.54. The molecule has 2 heterocycles. The van der Waals surface area contributed by atoms with E-state index < -0.39 is 50.9 Å². The van der Waals surface area contributed by atoms with Gasteiger partial charge in [-0.1, -0.05) is 19.6 Å². The molecule has 2 N–H and O–H groups in total. The monoisotopic (exact) mass is 636 g/mol. The molecule has 2 aliphatic rings. The van der Waals surface area contributed by atoms with Crippen molar-refractivity contribution in [2.24, 2.45) is 0 Å². The van der Waals surface area contributed by atoms with Gasteiger partial charge in [0.2, 0.25) is 28.8 Å². The van der Waals surface area contributed by atoms with Crippen LogP contribution in [0.5, 0.6) is 0 Å². The molecule has 35 heavy (non-hydrogen) atoms. The Labute approximate surface area is 235 Å². The summed E-state index contributed by atoms with van der Waals surface area (Å²) in [5, 5.41) is 0. The predicted octanol–water partition coefficient (Wildman–Crippen LogP) is 1.67. The molecule has 0 atom stereocenters. The van der Waals surface area contributed by atoms with Crippen LogP contribution in [0.2, 0.25) is 78.6 Å². The van der Waals surface area contributed by atoms with Gasteiger partial charge in [-0.25, -0.2) is 0 Å². The maximum absolute atomic E-state index is 3.74. The van der Waals surface area contributed by atoms with Gasteiger partial charge in [0, 0.05) is 0 Å². The molecule has 0 unspecified atom stereocenters.